The van der Waals surface area contributed by atoms with Gasteiger partial charge in [0.1, 0.15) is 17.8 Å². The average Bonchev–Trinajstić information content (AvgIpc) is 2.63. The van der Waals surface area contributed by atoms with Crippen LogP contribution in [-0.4, -0.2) is 18.4 Å². The van der Waals surface area contributed by atoms with Crippen LogP contribution in [0.15, 0.2) is 12.7 Å². The summed E-state index contributed by atoms with van der Waals surface area (Å²) in [4.78, 5) is 23.1. The van der Waals surface area contributed by atoms with Gasteiger partial charge in [-0.3, -0.25) is 9.59 Å². The Morgan fingerprint density at radius 1 is 1.43 bits per heavy atom. The normalized spacial score (nSPS) is 18.9. The standard InChI is InChI=1S/C11H16O3/c1-3-8-14-10(13)11(9(2)12)6-4-5-7-11/h3H,1,4-8H2,2H3. The molecule has 3 nitrogen and oxygen atoms in total. The molecular formula is C11H16O3. The van der Waals surface area contributed by atoms with Gasteiger partial charge in [-0.1, -0.05) is 25.5 Å². The Bertz CT molecular complexity index is 249. The molecule has 0 aromatic rings. The Hall–Kier alpha value is -1.12. The molecule has 14 heavy (non-hydrogen) atoms. The monoisotopic (exact) mass is 196 g/mol. The molecule has 1 fully saturated rings. The van der Waals surface area contributed by atoms with Crippen LogP contribution in [0.25, 0.3) is 0 Å². The highest BCUT2D eigenvalue weighted by Gasteiger charge is 2.46. The molecule has 1 aliphatic carbocycles. The summed E-state index contributed by atoms with van der Waals surface area (Å²) in [6, 6.07) is 0. The lowest BCUT2D eigenvalue weighted by atomic mass is 9.82. The van der Waals surface area contributed by atoms with Crippen LogP contribution in [0.1, 0.15) is 32.6 Å². The molecule has 0 aromatic heterocycles. The summed E-state index contributed by atoms with van der Waals surface area (Å²) in [5.74, 6) is -0.438. The number of rotatable bonds is 4. The van der Waals surface area contributed by atoms with Gasteiger partial charge >= 0.3 is 5.97 Å². The molecular weight excluding hydrogens is 180 g/mol. The smallest absolute Gasteiger partial charge is 0.319 e. The minimum absolute atomic E-state index is 0.0657. The van der Waals surface area contributed by atoms with Crippen LogP contribution in [0.4, 0.5) is 0 Å². The summed E-state index contributed by atoms with van der Waals surface area (Å²) < 4.78 is 4.96. The Kier molecular flexibility index (Phi) is 3.44. The van der Waals surface area contributed by atoms with Gasteiger partial charge < -0.3 is 4.74 Å². The van der Waals surface area contributed by atoms with Gasteiger partial charge in [0.05, 0.1) is 0 Å². The van der Waals surface area contributed by atoms with E-state index in [1.54, 1.807) is 0 Å². The number of carbonyl (C=O) groups is 2. The van der Waals surface area contributed by atoms with E-state index in [0.717, 1.165) is 12.8 Å². The van der Waals surface area contributed by atoms with Gasteiger partial charge in [-0.15, -0.1) is 0 Å². The van der Waals surface area contributed by atoms with E-state index in [4.69, 9.17) is 4.74 Å². The van der Waals surface area contributed by atoms with Gasteiger partial charge in [0, 0.05) is 0 Å². The molecule has 0 aromatic carbocycles. The van der Waals surface area contributed by atoms with Crippen LogP contribution in [0, 0.1) is 5.41 Å². The highest BCUT2D eigenvalue weighted by molar-refractivity contribution is 6.02. The molecule has 1 aliphatic rings. The Labute approximate surface area is 84.1 Å². The van der Waals surface area contributed by atoms with Crippen molar-refractivity contribution in [3.63, 3.8) is 0 Å². The number of Topliss-reactive ketones (excluding diaryl/α,β-unsaturated/α-hetero) is 1. The van der Waals surface area contributed by atoms with E-state index in [2.05, 4.69) is 6.58 Å². The fourth-order valence-corrected chi connectivity index (χ4v) is 1.95. The lowest BCUT2D eigenvalue weighted by Gasteiger charge is -2.22. The largest absolute Gasteiger partial charge is 0.461 e. The van der Waals surface area contributed by atoms with Crippen LogP contribution < -0.4 is 0 Å². The highest BCUT2D eigenvalue weighted by Crippen LogP contribution is 2.40. The van der Waals surface area contributed by atoms with E-state index in [0.29, 0.717) is 12.8 Å². The minimum Gasteiger partial charge on any atom is -0.461 e. The predicted molar refractivity (Wildman–Crippen MR) is 52.7 cm³/mol. The molecule has 1 rings (SSSR count). The van der Waals surface area contributed by atoms with E-state index in [9.17, 15) is 9.59 Å². The summed E-state index contributed by atoms with van der Waals surface area (Å²) in [5.41, 5.74) is -0.844. The number of carbonyl (C=O) groups excluding carboxylic acids is 2. The number of ketones is 1. The Morgan fingerprint density at radius 2 is 2.00 bits per heavy atom. The topological polar surface area (TPSA) is 43.4 Å². The zero-order chi connectivity index (χ0) is 10.6. The fourth-order valence-electron chi connectivity index (χ4n) is 1.95. The quantitative estimate of drug-likeness (QED) is 0.391. The molecule has 0 amide bonds. The molecule has 0 bridgehead atoms. The Balaban J connectivity index is 2.72. The lowest BCUT2D eigenvalue weighted by molar-refractivity contribution is -0.158. The number of ether oxygens (including phenoxy) is 1. The van der Waals surface area contributed by atoms with Gasteiger partial charge in [-0.05, 0) is 19.8 Å². The third-order valence-electron chi connectivity index (χ3n) is 2.85. The van der Waals surface area contributed by atoms with E-state index >= 15 is 0 Å². The van der Waals surface area contributed by atoms with Crippen molar-refractivity contribution in [2.24, 2.45) is 5.41 Å². The SMILES string of the molecule is C=CCOC(=O)C1(C(C)=O)CCCC1. The first-order chi connectivity index (χ1) is 6.63. The molecule has 0 unspecified atom stereocenters. The first-order valence-electron chi connectivity index (χ1n) is 4.92. The van der Waals surface area contributed by atoms with Crippen molar-refractivity contribution < 1.29 is 14.3 Å². The highest BCUT2D eigenvalue weighted by atomic mass is 16.5. The van der Waals surface area contributed by atoms with E-state index < -0.39 is 5.41 Å². The van der Waals surface area contributed by atoms with Crippen molar-refractivity contribution in [1.29, 1.82) is 0 Å². The second-order valence-corrected chi connectivity index (χ2v) is 3.73. The van der Waals surface area contributed by atoms with Crippen LogP contribution in [0.2, 0.25) is 0 Å². The number of hydrogen-bond acceptors (Lipinski definition) is 3. The number of hydrogen-bond donors (Lipinski definition) is 0. The van der Waals surface area contributed by atoms with Gasteiger partial charge in [0.25, 0.3) is 0 Å². The summed E-state index contributed by atoms with van der Waals surface area (Å²) >= 11 is 0. The lowest BCUT2D eigenvalue weighted by Crippen LogP contribution is -2.36. The van der Waals surface area contributed by atoms with Crippen molar-refractivity contribution in [3.05, 3.63) is 12.7 Å². The number of esters is 1. The van der Waals surface area contributed by atoms with E-state index in [-0.39, 0.29) is 18.4 Å². The van der Waals surface area contributed by atoms with Crippen molar-refractivity contribution >= 4 is 11.8 Å². The summed E-state index contributed by atoms with van der Waals surface area (Å²) in [7, 11) is 0. The first-order valence-corrected chi connectivity index (χ1v) is 4.92. The van der Waals surface area contributed by atoms with Gasteiger partial charge in [0.15, 0.2) is 0 Å². The summed E-state index contributed by atoms with van der Waals surface area (Å²) in [5, 5.41) is 0. The van der Waals surface area contributed by atoms with Gasteiger partial charge in [-0.25, -0.2) is 0 Å². The second-order valence-electron chi connectivity index (χ2n) is 3.73. The zero-order valence-corrected chi connectivity index (χ0v) is 8.54. The Morgan fingerprint density at radius 3 is 2.43 bits per heavy atom. The average molecular weight is 196 g/mol. The third kappa shape index (κ3) is 1.86. The minimum atomic E-state index is -0.844. The van der Waals surface area contributed by atoms with Gasteiger partial charge in [0.2, 0.25) is 0 Å². The maximum Gasteiger partial charge on any atom is 0.319 e. The molecule has 3 heteroatoms. The van der Waals surface area contributed by atoms with Crippen molar-refractivity contribution in [3.8, 4) is 0 Å². The van der Waals surface area contributed by atoms with E-state index in [1.165, 1.54) is 13.0 Å². The van der Waals surface area contributed by atoms with Crippen LogP contribution in [0.3, 0.4) is 0 Å². The summed E-state index contributed by atoms with van der Waals surface area (Å²) in [6.45, 7) is 5.13. The molecule has 78 valence electrons. The summed E-state index contributed by atoms with van der Waals surface area (Å²) in [6.07, 6.45) is 4.66. The maximum absolute atomic E-state index is 11.7. The molecule has 0 aliphatic heterocycles. The molecule has 0 heterocycles. The van der Waals surface area contributed by atoms with E-state index in [1.807, 2.05) is 0 Å². The second kappa shape index (κ2) is 4.40. The van der Waals surface area contributed by atoms with Crippen LogP contribution >= 0.6 is 0 Å². The molecule has 1 saturated carbocycles. The molecule has 0 radical (unpaired) electrons. The third-order valence-corrected chi connectivity index (χ3v) is 2.85. The zero-order valence-electron chi connectivity index (χ0n) is 8.54. The molecule has 0 saturated heterocycles. The van der Waals surface area contributed by atoms with Crippen LogP contribution in [0.5, 0.6) is 0 Å². The van der Waals surface area contributed by atoms with Crippen molar-refractivity contribution in [2.45, 2.75) is 32.6 Å². The van der Waals surface area contributed by atoms with Crippen LogP contribution in [-0.2, 0) is 14.3 Å². The molecule has 0 N–H and O–H groups in total. The van der Waals surface area contributed by atoms with Gasteiger partial charge in [-0.2, -0.15) is 0 Å². The first kappa shape index (κ1) is 11.0. The maximum atomic E-state index is 11.7. The van der Waals surface area contributed by atoms with Crippen molar-refractivity contribution in [2.75, 3.05) is 6.61 Å². The molecule has 0 spiro atoms. The predicted octanol–water partition coefficient (Wildman–Crippen LogP) is 1.86. The fraction of sp³-hybridized carbons (Fsp3) is 0.636. The molecule has 0 atom stereocenters. The van der Waals surface area contributed by atoms with Crippen molar-refractivity contribution in [1.82, 2.24) is 0 Å².